The Labute approximate surface area is 96.5 Å². The van der Waals surface area contributed by atoms with Crippen molar-refractivity contribution in [1.82, 2.24) is 0 Å². The molecule has 80 valence electrons. The van der Waals surface area contributed by atoms with E-state index in [0.29, 0.717) is 0 Å². The van der Waals surface area contributed by atoms with Crippen LogP contribution in [0.2, 0.25) is 0 Å². The van der Waals surface area contributed by atoms with Gasteiger partial charge in [0, 0.05) is 10.1 Å². The second-order valence-corrected chi connectivity index (χ2v) is 6.46. The Balaban J connectivity index is 1.68. The Morgan fingerprint density at radius 3 is 2.47 bits per heavy atom. The summed E-state index contributed by atoms with van der Waals surface area (Å²) in [5, 5.41) is 0.923. The molecule has 2 bridgehead atoms. The summed E-state index contributed by atoms with van der Waals surface area (Å²) < 4.78 is 0. The second-order valence-electron chi connectivity index (χ2n) is 5.14. The first-order valence-electron chi connectivity index (χ1n) is 6.04. The first-order chi connectivity index (χ1) is 7.31. The number of rotatable bonds is 2. The summed E-state index contributed by atoms with van der Waals surface area (Å²) >= 11 is 2.12. The molecule has 15 heavy (non-hydrogen) atoms. The van der Waals surface area contributed by atoms with Gasteiger partial charge < -0.3 is 0 Å². The van der Waals surface area contributed by atoms with Gasteiger partial charge in [0.25, 0.3) is 0 Å². The molecular formula is C14H18S. The van der Waals surface area contributed by atoms with Gasteiger partial charge in [-0.05, 0) is 50.2 Å². The summed E-state index contributed by atoms with van der Waals surface area (Å²) in [6.45, 7) is 2.16. The fourth-order valence-corrected chi connectivity index (χ4v) is 4.57. The van der Waals surface area contributed by atoms with Crippen molar-refractivity contribution in [3.63, 3.8) is 0 Å². The van der Waals surface area contributed by atoms with Crippen molar-refractivity contribution in [1.29, 1.82) is 0 Å². The predicted molar refractivity (Wildman–Crippen MR) is 66.3 cm³/mol. The molecule has 0 aromatic heterocycles. The molecule has 0 aliphatic heterocycles. The van der Waals surface area contributed by atoms with E-state index in [-0.39, 0.29) is 0 Å². The fraction of sp³-hybridized carbons (Fsp3) is 0.571. The molecular weight excluding hydrogens is 200 g/mol. The van der Waals surface area contributed by atoms with Crippen molar-refractivity contribution < 1.29 is 0 Å². The first kappa shape index (κ1) is 9.77. The van der Waals surface area contributed by atoms with E-state index < -0.39 is 0 Å². The third-order valence-electron chi connectivity index (χ3n) is 3.98. The summed E-state index contributed by atoms with van der Waals surface area (Å²) in [5.41, 5.74) is 1.37. The fourth-order valence-electron chi connectivity index (χ4n) is 3.12. The SMILES string of the molecule is Cc1ccc(S[C@@H]2C[C@H]3CC[C@H]2C3)cc1. The maximum Gasteiger partial charge on any atom is 0.0125 e. The lowest BCUT2D eigenvalue weighted by atomic mass is 10.0. The molecule has 0 unspecified atom stereocenters. The molecule has 1 aromatic rings. The minimum absolute atomic E-state index is 0.923. The maximum absolute atomic E-state index is 2.28. The normalized spacial score (nSPS) is 33.5. The Bertz CT molecular complexity index is 341. The molecule has 0 radical (unpaired) electrons. The minimum Gasteiger partial charge on any atom is -0.122 e. The van der Waals surface area contributed by atoms with E-state index in [1.807, 2.05) is 0 Å². The van der Waals surface area contributed by atoms with E-state index in [1.54, 1.807) is 0 Å². The molecule has 2 saturated carbocycles. The van der Waals surface area contributed by atoms with Gasteiger partial charge in [-0.3, -0.25) is 0 Å². The third kappa shape index (κ3) is 1.94. The molecule has 0 heterocycles. The largest absolute Gasteiger partial charge is 0.122 e. The van der Waals surface area contributed by atoms with Crippen LogP contribution >= 0.6 is 11.8 Å². The zero-order chi connectivity index (χ0) is 10.3. The summed E-state index contributed by atoms with van der Waals surface area (Å²) in [6, 6.07) is 9.03. The molecule has 2 aliphatic carbocycles. The average molecular weight is 218 g/mol. The van der Waals surface area contributed by atoms with Crippen LogP contribution < -0.4 is 0 Å². The van der Waals surface area contributed by atoms with Crippen molar-refractivity contribution in [2.45, 2.75) is 42.8 Å². The topological polar surface area (TPSA) is 0 Å². The van der Waals surface area contributed by atoms with E-state index in [1.165, 1.54) is 36.1 Å². The van der Waals surface area contributed by atoms with Crippen molar-refractivity contribution in [3.05, 3.63) is 29.8 Å². The van der Waals surface area contributed by atoms with E-state index in [0.717, 1.165) is 17.1 Å². The molecule has 1 heteroatoms. The highest BCUT2D eigenvalue weighted by Gasteiger charge is 2.39. The van der Waals surface area contributed by atoms with E-state index in [2.05, 4.69) is 43.0 Å². The molecule has 1 aromatic carbocycles. The molecule has 0 amide bonds. The average Bonchev–Trinajstić information content (AvgIpc) is 2.83. The lowest BCUT2D eigenvalue weighted by molar-refractivity contribution is 0.492. The molecule has 0 nitrogen and oxygen atoms in total. The minimum atomic E-state index is 0.923. The Morgan fingerprint density at radius 1 is 1.07 bits per heavy atom. The van der Waals surface area contributed by atoms with Crippen molar-refractivity contribution in [2.75, 3.05) is 0 Å². The summed E-state index contributed by atoms with van der Waals surface area (Å²) in [7, 11) is 0. The number of hydrogen-bond donors (Lipinski definition) is 0. The highest BCUT2D eigenvalue weighted by molar-refractivity contribution is 8.00. The third-order valence-corrected chi connectivity index (χ3v) is 5.41. The molecule has 3 rings (SSSR count). The van der Waals surface area contributed by atoms with Crippen LogP contribution in [0, 0.1) is 18.8 Å². The van der Waals surface area contributed by atoms with Crippen LogP contribution in [0.5, 0.6) is 0 Å². The highest BCUT2D eigenvalue weighted by atomic mass is 32.2. The zero-order valence-corrected chi connectivity index (χ0v) is 10.1. The van der Waals surface area contributed by atoms with Crippen LogP contribution in [0.15, 0.2) is 29.2 Å². The molecule has 0 saturated heterocycles. The molecule has 2 aliphatic rings. The van der Waals surface area contributed by atoms with E-state index in [9.17, 15) is 0 Å². The quantitative estimate of drug-likeness (QED) is 0.714. The summed E-state index contributed by atoms with van der Waals surface area (Å²) in [5.74, 6) is 2.10. The highest BCUT2D eigenvalue weighted by Crippen LogP contribution is 2.50. The summed E-state index contributed by atoms with van der Waals surface area (Å²) in [4.78, 5) is 1.47. The number of aryl methyl sites for hydroxylation is 1. The number of thioether (sulfide) groups is 1. The van der Waals surface area contributed by atoms with Crippen LogP contribution in [0.3, 0.4) is 0 Å². The van der Waals surface area contributed by atoms with Gasteiger partial charge in [-0.1, -0.05) is 24.1 Å². The predicted octanol–water partition coefficient (Wildman–Crippen LogP) is 4.28. The van der Waals surface area contributed by atoms with Crippen LogP contribution in [0.1, 0.15) is 31.2 Å². The lowest BCUT2D eigenvalue weighted by Crippen LogP contribution is -2.11. The first-order valence-corrected chi connectivity index (χ1v) is 6.92. The number of fused-ring (bicyclic) bond motifs is 2. The van der Waals surface area contributed by atoms with Gasteiger partial charge in [-0.2, -0.15) is 0 Å². The maximum atomic E-state index is 2.28. The van der Waals surface area contributed by atoms with Gasteiger partial charge in [-0.25, -0.2) is 0 Å². The van der Waals surface area contributed by atoms with Crippen LogP contribution in [-0.4, -0.2) is 5.25 Å². The monoisotopic (exact) mass is 218 g/mol. The molecule has 0 spiro atoms. The van der Waals surface area contributed by atoms with Gasteiger partial charge in [-0.15, -0.1) is 11.8 Å². The zero-order valence-electron chi connectivity index (χ0n) is 9.28. The van der Waals surface area contributed by atoms with Crippen LogP contribution in [0.4, 0.5) is 0 Å². The molecule has 2 fully saturated rings. The molecule has 3 atom stereocenters. The van der Waals surface area contributed by atoms with E-state index in [4.69, 9.17) is 0 Å². The standard InChI is InChI=1S/C14H18S/c1-10-2-6-13(7-3-10)15-14-9-11-4-5-12(14)8-11/h2-3,6-7,11-12,14H,4-5,8-9H2,1H3/t11-,12-,14+/m0/s1. The van der Waals surface area contributed by atoms with Gasteiger partial charge in [0.05, 0.1) is 0 Å². The Morgan fingerprint density at radius 2 is 1.87 bits per heavy atom. The van der Waals surface area contributed by atoms with E-state index >= 15 is 0 Å². The Hall–Kier alpha value is -0.430. The van der Waals surface area contributed by atoms with Crippen LogP contribution in [0.25, 0.3) is 0 Å². The summed E-state index contributed by atoms with van der Waals surface area (Å²) in [6.07, 6.45) is 6.00. The lowest BCUT2D eigenvalue weighted by Gasteiger charge is -2.20. The van der Waals surface area contributed by atoms with Gasteiger partial charge in [0.1, 0.15) is 0 Å². The van der Waals surface area contributed by atoms with Crippen LogP contribution in [-0.2, 0) is 0 Å². The smallest absolute Gasteiger partial charge is 0.0125 e. The molecule has 0 N–H and O–H groups in total. The van der Waals surface area contributed by atoms with Gasteiger partial charge >= 0.3 is 0 Å². The Kier molecular flexibility index (Phi) is 2.51. The number of hydrogen-bond acceptors (Lipinski definition) is 1. The van der Waals surface area contributed by atoms with Crippen molar-refractivity contribution in [3.8, 4) is 0 Å². The van der Waals surface area contributed by atoms with Crippen molar-refractivity contribution in [2.24, 2.45) is 11.8 Å². The number of benzene rings is 1. The van der Waals surface area contributed by atoms with Gasteiger partial charge in [0.2, 0.25) is 0 Å². The second kappa shape index (κ2) is 3.86. The van der Waals surface area contributed by atoms with Gasteiger partial charge in [0.15, 0.2) is 0 Å². The van der Waals surface area contributed by atoms with Crippen molar-refractivity contribution >= 4 is 11.8 Å².